The van der Waals surface area contributed by atoms with Gasteiger partial charge in [-0.1, -0.05) is 6.07 Å². The molecule has 1 fully saturated rings. The number of morpholine rings is 1. The summed E-state index contributed by atoms with van der Waals surface area (Å²) in [5, 5.41) is 9.11. The number of benzene rings is 1. The van der Waals surface area contributed by atoms with Crippen LogP contribution in [0.2, 0.25) is 0 Å². The number of methoxy groups -OCH3 is 1. The van der Waals surface area contributed by atoms with E-state index in [1.165, 1.54) is 23.5 Å². The molecule has 1 saturated heterocycles. The molecule has 112 valence electrons. The summed E-state index contributed by atoms with van der Waals surface area (Å²) in [6.45, 7) is 2.75. The molecule has 1 aromatic carbocycles. The SMILES string of the molecule is COc1cc(CO)ccc1S(=O)(=O)N1CCOCC1C. The molecule has 7 heteroatoms. The fraction of sp³-hybridized carbons (Fsp3) is 0.538. The van der Waals surface area contributed by atoms with Gasteiger partial charge in [0.25, 0.3) is 0 Å². The van der Waals surface area contributed by atoms with E-state index in [1.54, 1.807) is 6.07 Å². The smallest absolute Gasteiger partial charge is 0.247 e. The first-order chi connectivity index (χ1) is 9.50. The summed E-state index contributed by atoms with van der Waals surface area (Å²) in [5.74, 6) is 0.246. The van der Waals surface area contributed by atoms with Crippen LogP contribution in [0, 0.1) is 0 Å². The number of hydrogen-bond donors (Lipinski definition) is 1. The van der Waals surface area contributed by atoms with Crippen molar-refractivity contribution in [2.75, 3.05) is 26.9 Å². The number of aliphatic hydroxyl groups excluding tert-OH is 1. The molecule has 20 heavy (non-hydrogen) atoms. The summed E-state index contributed by atoms with van der Waals surface area (Å²) in [6, 6.07) is 4.39. The Hall–Kier alpha value is -1.15. The Labute approximate surface area is 119 Å². The Morgan fingerprint density at radius 2 is 2.25 bits per heavy atom. The molecule has 2 rings (SSSR count). The maximum absolute atomic E-state index is 12.7. The van der Waals surface area contributed by atoms with Crippen molar-refractivity contribution in [2.45, 2.75) is 24.5 Å². The van der Waals surface area contributed by atoms with Gasteiger partial charge in [0.2, 0.25) is 10.0 Å². The van der Waals surface area contributed by atoms with Crippen molar-refractivity contribution in [2.24, 2.45) is 0 Å². The zero-order valence-corrected chi connectivity index (χ0v) is 12.4. The lowest BCUT2D eigenvalue weighted by Crippen LogP contribution is -2.47. The second kappa shape index (κ2) is 6.09. The van der Waals surface area contributed by atoms with Gasteiger partial charge in [-0.15, -0.1) is 0 Å². The minimum Gasteiger partial charge on any atom is -0.495 e. The van der Waals surface area contributed by atoms with E-state index in [0.717, 1.165) is 0 Å². The second-order valence-corrected chi connectivity index (χ2v) is 6.54. The highest BCUT2D eigenvalue weighted by atomic mass is 32.2. The lowest BCUT2D eigenvalue weighted by molar-refractivity contribution is 0.0392. The molecule has 1 aliphatic rings. The van der Waals surface area contributed by atoms with Crippen molar-refractivity contribution in [1.29, 1.82) is 0 Å². The highest BCUT2D eigenvalue weighted by molar-refractivity contribution is 7.89. The van der Waals surface area contributed by atoms with E-state index in [9.17, 15) is 8.42 Å². The van der Waals surface area contributed by atoms with Crippen LogP contribution < -0.4 is 4.74 Å². The first-order valence-corrected chi connectivity index (χ1v) is 7.82. The third-order valence-corrected chi connectivity index (χ3v) is 5.36. The molecule has 0 aromatic heterocycles. The van der Waals surface area contributed by atoms with E-state index in [0.29, 0.717) is 25.3 Å². The summed E-state index contributed by atoms with van der Waals surface area (Å²) >= 11 is 0. The average molecular weight is 301 g/mol. The van der Waals surface area contributed by atoms with Gasteiger partial charge in [-0.3, -0.25) is 0 Å². The van der Waals surface area contributed by atoms with Gasteiger partial charge >= 0.3 is 0 Å². The van der Waals surface area contributed by atoms with Crippen LogP contribution in [0.3, 0.4) is 0 Å². The number of sulfonamides is 1. The van der Waals surface area contributed by atoms with Crippen LogP contribution in [0.25, 0.3) is 0 Å². The zero-order chi connectivity index (χ0) is 14.8. The summed E-state index contributed by atoms with van der Waals surface area (Å²) in [5.41, 5.74) is 0.607. The first kappa shape index (κ1) is 15.2. The minimum absolute atomic E-state index is 0.117. The van der Waals surface area contributed by atoms with Crippen LogP contribution in [-0.2, 0) is 21.4 Å². The van der Waals surface area contributed by atoms with Gasteiger partial charge in [-0.05, 0) is 24.6 Å². The lowest BCUT2D eigenvalue weighted by Gasteiger charge is -2.32. The molecule has 1 aliphatic heterocycles. The van der Waals surface area contributed by atoms with E-state index in [1.807, 2.05) is 6.92 Å². The summed E-state index contributed by atoms with van der Waals surface area (Å²) in [7, 11) is -2.22. The quantitative estimate of drug-likeness (QED) is 0.881. The largest absolute Gasteiger partial charge is 0.495 e. The molecular weight excluding hydrogens is 282 g/mol. The molecule has 0 aliphatic carbocycles. The molecule has 0 bridgehead atoms. The molecule has 1 heterocycles. The van der Waals surface area contributed by atoms with E-state index in [-0.39, 0.29) is 23.3 Å². The summed E-state index contributed by atoms with van der Waals surface area (Å²) < 4.78 is 37.3. The summed E-state index contributed by atoms with van der Waals surface area (Å²) in [4.78, 5) is 0.117. The van der Waals surface area contributed by atoms with Crippen LogP contribution in [0.5, 0.6) is 5.75 Å². The van der Waals surface area contributed by atoms with Crippen LogP contribution >= 0.6 is 0 Å². The second-order valence-electron chi connectivity index (χ2n) is 4.68. The third-order valence-electron chi connectivity index (χ3n) is 3.30. The Kier molecular flexibility index (Phi) is 4.64. The predicted octanol–water partition coefficient (Wildman–Crippen LogP) is 0.597. The number of rotatable bonds is 4. The molecule has 0 amide bonds. The molecule has 1 unspecified atom stereocenters. The first-order valence-electron chi connectivity index (χ1n) is 6.38. The van der Waals surface area contributed by atoms with Gasteiger partial charge in [-0.25, -0.2) is 8.42 Å². The molecule has 0 saturated carbocycles. The van der Waals surface area contributed by atoms with Gasteiger partial charge in [0.05, 0.1) is 26.9 Å². The normalized spacial score (nSPS) is 20.9. The number of hydrogen-bond acceptors (Lipinski definition) is 5. The van der Waals surface area contributed by atoms with Gasteiger partial charge < -0.3 is 14.6 Å². The standard InChI is InChI=1S/C13H19NO5S/c1-10-9-19-6-5-14(10)20(16,17)13-4-3-11(8-15)7-12(13)18-2/h3-4,7,10,15H,5-6,8-9H2,1-2H3. The Bertz CT molecular complexity index is 572. The van der Waals surface area contributed by atoms with Gasteiger partial charge in [0.1, 0.15) is 10.6 Å². The fourth-order valence-electron chi connectivity index (χ4n) is 2.22. The van der Waals surface area contributed by atoms with Gasteiger partial charge in [-0.2, -0.15) is 4.31 Å². The number of nitrogens with zero attached hydrogens (tertiary/aromatic N) is 1. The topological polar surface area (TPSA) is 76.1 Å². The van der Waals surface area contributed by atoms with Gasteiger partial charge in [0.15, 0.2) is 0 Å². The van der Waals surface area contributed by atoms with E-state index in [4.69, 9.17) is 14.6 Å². The Morgan fingerprint density at radius 3 is 2.85 bits per heavy atom. The molecule has 1 N–H and O–H groups in total. The van der Waals surface area contributed by atoms with E-state index < -0.39 is 10.0 Å². The Balaban J connectivity index is 2.43. The molecule has 1 aromatic rings. The zero-order valence-electron chi connectivity index (χ0n) is 11.6. The Morgan fingerprint density at radius 1 is 1.50 bits per heavy atom. The van der Waals surface area contributed by atoms with Crippen molar-refractivity contribution in [3.63, 3.8) is 0 Å². The lowest BCUT2D eigenvalue weighted by atomic mass is 10.2. The van der Waals surface area contributed by atoms with Crippen molar-refractivity contribution in [3.8, 4) is 5.75 Å². The fourth-order valence-corrected chi connectivity index (χ4v) is 3.96. The molecule has 1 atom stereocenters. The third kappa shape index (κ3) is 2.80. The van der Waals surface area contributed by atoms with Gasteiger partial charge in [0, 0.05) is 12.6 Å². The van der Waals surface area contributed by atoms with Crippen LogP contribution in [0.15, 0.2) is 23.1 Å². The molecule has 0 radical (unpaired) electrons. The maximum Gasteiger partial charge on any atom is 0.247 e. The van der Waals surface area contributed by atoms with Crippen molar-refractivity contribution >= 4 is 10.0 Å². The minimum atomic E-state index is -3.63. The number of ether oxygens (including phenoxy) is 2. The van der Waals surface area contributed by atoms with E-state index in [2.05, 4.69) is 0 Å². The van der Waals surface area contributed by atoms with Crippen LogP contribution in [-0.4, -0.2) is 50.7 Å². The van der Waals surface area contributed by atoms with Crippen molar-refractivity contribution < 1.29 is 23.0 Å². The predicted molar refractivity (Wildman–Crippen MR) is 73.1 cm³/mol. The molecular formula is C13H19NO5S. The van der Waals surface area contributed by atoms with Crippen molar-refractivity contribution in [1.82, 2.24) is 4.31 Å². The van der Waals surface area contributed by atoms with E-state index >= 15 is 0 Å². The van der Waals surface area contributed by atoms with Crippen LogP contribution in [0.4, 0.5) is 0 Å². The van der Waals surface area contributed by atoms with Crippen LogP contribution in [0.1, 0.15) is 12.5 Å². The maximum atomic E-state index is 12.7. The van der Waals surface area contributed by atoms with Crippen molar-refractivity contribution in [3.05, 3.63) is 23.8 Å². The number of aliphatic hydroxyl groups is 1. The average Bonchev–Trinajstić information content (AvgIpc) is 2.46. The molecule has 0 spiro atoms. The summed E-state index contributed by atoms with van der Waals surface area (Å²) in [6.07, 6.45) is 0. The molecule has 6 nitrogen and oxygen atoms in total. The monoisotopic (exact) mass is 301 g/mol. The highest BCUT2D eigenvalue weighted by Gasteiger charge is 2.33. The highest BCUT2D eigenvalue weighted by Crippen LogP contribution is 2.29.